The Morgan fingerprint density at radius 3 is 2.29 bits per heavy atom. The minimum absolute atomic E-state index is 0.0136. The summed E-state index contributed by atoms with van der Waals surface area (Å²) >= 11 is 0. The average Bonchev–Trinajstić information content (AvgIpc) is 3.37. The Labute approximate surface area is 196 Å². The van der Waals surface area contributed by atoms with Crippen LogP contribution in [0.4, 0.5) is 10.1 Å². The van der Waals surface area contributed by atoms with Gasteiger partial charge in [-0.3, -0.25) is 14.3 Å². The fraction of sp³-hybridized carbons (Fsp3) is 0.250. The minimum Gasteiger partial charge on any atom is -0.467 e. The molecule has 0 unspecified atom stereocenters. The van der Waals surface area contributed by atoms with Crippen LogP contribution in [0.5, 0.6) is 0 Å². The Kier molecular flexibility index (Phi) is 6.97. The van der Waals surface area contributed by atoms with Crippen molar-refractivity contribution in [1.29, 1.82) is 0 Å². The van der Waals surface area contributed by atoms with Crippen LogP contribution in [0, 0.1) is 11.7 Å². The van der Waals surface area contributed by atoms with E-state index < -0.39 is 15.8 Å². The first-order valence-electron chi connectivity index (χ1n) is 10.8. The van der Waals surface area contributed by atoms with E-state index in [1.165, 1.54) is 36.4 Å². The molecule has 1 fully saturated rings. The molecule has 34 heavy (non-hydrogen) atoms. The Balaban J connectivity index is 1.31. The van der Waals surface area contributed by atoms with Gasteiger partial charge in [-0.15, -0.1) is 0 Å². The maximum atomic E-state index is 13.0. The number of nitrogens with one attached hydrogen (secondary N) is 2. The molecule has 0 atom stereocenters. The number of halogens is 1. The molecule has 2 aromatic carbocycles. The number of hydrogen-bond donors (Lipinski definition) is 2. The van der Waals surface area contributed by atoms with E-state index in [1.54, 1.807) is 23.3 Å². The molecular weight excluding hydrogens is 461 g/mol. The summed E-state index contributed by atoms with van der Waals surface area (Å²) in [7, 11) is -3.88. The van der Waals surface area contributed by atoms with Crippen molar-refractivity contribution in [3.05, 3.63) is 84.1 Å². The molecule has 2 heterocycles. The van der Waals surface area contributed by atoms with Crippen molar-refractivity contribution in [3.8, 4) is 0 Å². The number of amides is 2. The molecule has 1 aliphatic heterocycles. The summed E-state index contributed by atoms with van der Waals surface area (Å²) in [4.78, 5) is 26.9. The summed E-state index contributed by atoms with van der Waals surface area (Å²) in [6.07, 6.45) is 2.64. The topological polar surface area (TPSA) is 109 Å². The predicted molar refractivity (Wildman–Crippen MR) is 123 cm³/mol. The maximum absolute atomic E-state index is 13.0. The summed E-state index contributed by atoms with van der Waals surface area (Å²) in [5.74, 6) is -0.246. The van der Waals surface area contributed by atoms with Gasteiger partial charge in [-0.05, 0) is 73.5 Å². The fourth-order valence-electron chi connectivity index (χ4n) is 3.77. The third-order valence-electron chi connectivity index (χ3n) is 5.68. The van der Waals surface area contributed by atoms with Gasteiger partial charge < -0.3 is 14.6 Å². The van der Waals surface area contributed by atoms with Crippen LogP contribution in [0.15, 0.2) is 76.2 Å². The van der Waals surface area contributed by atoms with Gasteiger partial charge in [-0.2, -0.15) is 0 Å². The van der Waals surface area contributed by atoms with Crippen LogP contribution < -0.4 is 10.0 Å². The van der Waals surface area contributed by atoms with E-state index in [-0.39, 0.29) is 28.3 Å². The van der Waals surface area contributed by atoms with Crippen LogP contribution >= 0.6 is 0 Å². The third kappa shape index (κ3) is 5.63. The SMILES string of the molecule is O=C(NCc1ccco1)C1CCN(C(=O)c2ccc(S(=O)(=O)Nc3ccc(F)cc3)cc2)CC1. The molecular formula is C24H24FN3O5S. The van der Waals surface area contributed by atoms with Crippen LogP contribution in [0.25, 0.3) is 0 Å². The van der Waals surface area contributed by atoms with Crippen molar-refractivity contribution >= 4 is 27.5 Å². The smallest absolute Gasteiger partial charge is 0.261 e. The average molecular weight is 486 g/mol. The third-order valence-corrected chi connectivity index (χ3v) is 7.08. The van der Waals surface area contributed by atoms with E-state index >= 15 is 0 Å². The molecule has 1 saturated heterocycles. The molecule has 1 aromatic heterocycles. The van der Waals surface area contributed by atoms with Crippen LogP contribution in [-0.4, -0.2) is 38.2 Å². The fourth-order valence-corrected chi connectivity index (χ4v) is 4.83. The summed E-state index contributed by atoms with van der Waals surface area (Å²) in [6, 6.07) is 14.1. The van der Waals surface area contributed by atoms with E-state index in [9.17, 15) is 22.4 Å². The van der Waals surface area contributed by atoms with Gasteiger partial charge in [0.05, 0.1) is 17.7 Å². The highest BCUT2D eigenvalue weighted by Gasteiger charge is 2.28. The van der Waals surface area contributed by atoms with Crippen LogP contribution in [0.2, 0.25) is 0 Å². The number of likely N-dealkylation sites (tertiary alicyclic amines) is 1. The Morgan fingerprint density at radius 2 is 1.68 bits per heavy atom. The van der Waals surface area contributed by atoms with E-state index in [0.29, 0.717) is 43.8 Å². The van der Waals surface area contributed by atoms with E-state index in [2.05, 4.69) is 10.0 Å². The normalized spacial score (nSPS) is 14.6. The number of hydrogen-bond acceptors (Lipinski definition) is 5. The summed E-state index contributed by atoms with van der Waals surface area (Å²) in [5.41, 5.74) is 0.596. The van der Waals surface area contributed by atoms with Gasteiger partial charge in [0.1, 0.15) is 11.6 Å². The number of piperidine rings is 1. The second-order valence-corrected chi connectivity index (χ2v) is 9.68. The van der Waals surface area contributed by atoms with Gasteiger partial charge in [-0.25, -0.2) is 12.8 Å². The monoisotopic (exact) mass is 485 g/mol. The van der Waals surface area contributed by atoms with Crippen LogP contribution in [0.3, 0.4) is 0 Å². The van der Waals surface area contributed by atoms with Gasteiger partial charge in [0, 0.05) is 30.3 Å². The molecule has 8 nitrogen and oxygen atoms in total. The minimum atomic E-state index is -3.88. The standard InChI is InChI=1S/C24H24FN3O5S/c25-19-5-7-20(8-6-19)27-34(31,32)22-9-3-18(4-10-22)24(30)28-13-11-17(12-14-28)23(29)26-16-21-2-1-15-33-21/h1-10,15,17,27H,11-14,16H2,(H,26,29). The van der Waals surface area contributed by atoms with Gasteiger partial charge in [-0.1, -0.05) is 0 Å². The van der Waals surface area contributed by atoms with Crippen molar-refractivity contribution in [3.63, 3.8) is 0 Å². The molecule has 3 aromatic rings. The summed E-state index contributed by atoms with van der Waals surface area (Å²) in [5, 5.41) is 2.85. The number of carbonyl (C=O) groups is 2. The molecule has 4 rings (SSSR count). The molecule has 0 spiro atoms. The van der Waals surface area contributed by atoms with Crippen molar-refractivity contribution in [1.82, 2.24) is 10.2 Å². The van der Waals surface area contributed by atoms with Crippen LogP contribution in [-0.2, 0) is 21.4 Å². The zero-order valence-corrected chi connectivity index (χ0v) is 19.1. The number of carbonyl (C=O) groups excluding carboxylic acids is 2. The lowest BCUT2D eigenvalue weighted by atomic mass is 9.95. The summed E-state index contributed by atoms with van der Waals surface area (Å²) in [6.45, 7) is 1.20. The van der Waals surface area contributed by atoms with Gasteiger partial charge >= 0.3 is 0 Å². The molecule has 2 amide bonds. The van der Waals surface area contributed by atoms with E-state index in [1.807, 2.05) is 0 Å². The second kappa shape index (κ2) is 10.1. The van der Waals surface area contributed by atoms with Crippen molar-refractivity contribution < 1.29 is 26.8 Å². The Hall–Kier alpha value is -3.66. The Morgan fingerprint density at radius 1 is 1.00 bits per heavy atom. The van der Waals surface area contributed by atoms with Gasteiger partial charge in [0.25, 0.3) is 15.9 Å². The molecule has 1 aliphatic rings. The number of furan rings is 1. The summed E-state index contributed by atoms with van der Waals surface area (Å²) < 4.78 is 45.7. The van der Waals surface area contributed by atoms with Crippen molar-refractivity contribution in [2.75, 3.05) is 17.8 Å². The zero-order valence-electron chi connectivity index (χ0n) is 18.2. The van der Waals surface area contributed by atoms with E-state index in [0.717, 1.165) is 12.1 Å². The van der Waals surface area contributed by atoms with Crippen LogP contribution in [0.1, 0.15) is 29.0 Å². The maximum Gasteiger partial charge on any atom is 0.261 e. The molecule has 178 valence electrons. The molecule has 0 aliphatic carbocycles. The second-order valence-electron chi connectivity index (χ2n) is 8.00. The first kappa shape index (κ1) is 23.5. The highest BCUT2D eigenvalue weighted by atomic mass is 32.2. The largest absolute Gasteiger partial charge is 0.467 e. The predicted octanol–water partition coefficient (Wildman–Crippen LogP) is 3.39. The first-order chi connectivity index (χ1) is 16.3. The Bertz CT molecular complexity index is 1230. The highest BCUT2D eigenvalue weighted by Crippen LogP contribution is 2.21. The van der Waals surface area contributed by atoms with Gasteiger partial charge in [0.15, 0.2) is 0 Å². The number of anilines is 1. The van der Waals surface area contributed by atoms with Crippen molar-refractivity contribution in [2.45, 2.75) is 24.3 Å². The lowest BCUT2D eigenvalue weighted by Crippen LogP contribution is -2.42. The highest BCUT2D eigenvalue weighted by molar-refractivity contribution is 7.92. The molecule has 0 radical (unpaired) electrons. The number of rotatable bonds is 7. The number of benzene rings is 2. The molecule has 0 bridgehead atoms. The van der Waals surface area contributed by atoms with E-state index in [4.69, 9.17) is 4.42 Å². The van der Waals surface area contributed by atoms with Gasteiger partial charge in [0.2, 0.25) is 5.91 Å². The number of nitrogens with zero attached hydrogens (tertiary/aromatic N) is 1. The molecule has 0 saturated carbocycles. The zero-order chi connectivity index (χ0) is 24.1. The quantitative estimate of drug-likeness (QED) is 0.533. The lowest BCUT2D eigenvalue weighted by molar-refractivity contribution is -0.126. The molecule has 2 N–H and O–H groups in total. The number of sulfonamides is 1. The molecule has 10 heteroatoms. The van der Waals surface area contributed by atoms with Crippen molar-refractivity contribution in [2.24, 2.45) is 5.92 Å². The lowest BCUT2D eigenvalue weighted by Gasteiger charge is -2.31. The first-order valence-corrected chi connectivity index (χ1v) is 12.3.